The molecular weight excluding hydrogens is 781 g/mol. The summed E-state index contributed by atoms with van der Waals surface area (Å²) < 4.78 is 6.43. The van der Waals surface area contributed by atoms with E-state index in [0.717, 1.165) is 44.5 Å². The van der Waals surface area contributed by atoms with E-state index in [0.29, 0.717) is 5.92 Å². The van der Waals surface area contributed by atoms with Crippen molar-refractivity contribution in [2.45, 2.75) is 60.2 Å². The van der Waals surface area contributed by atoms with Crippen molar-refractivity contribution < 1.29 is 24.5 Å². The Labute approximate surface area is 299 Å². The predicted molar refractivity (Wildman–Crippen MR) is 201 cm³/mol. The van der Waals surface area contributed by atoms with Crippen LogP contribution in [-0.2, 0) is 20.1 Å². The summed E-state index contributed by atoms with van der Waals surface area (Å²) in [5.41, 5.74) is 13.2. The zero-order valence-corrected chi connectivity index (χ0v) is 32.4. The van der Waals surface area contributed by atoms with E-state index in [2.05, 4.69) is 137 Å². The van der Waals surface area contributed by atoms with Crippen LogP contribution in [0.5, 0.6) is 0 Å². The first-order valence-electron chi connectivity index (χ1n) is 16.3. The van der Waals surface area contributed by atoms with Gasteiger partial charge in [0.25, 0.3) is 0 Å². The number of nitrogens with zero attached hydrogens (tertiary/aromatic N) is 2. The molecule has 0 spiro atoms. The van der Waals surface area contributed by atoms with Gasteiger partial charge >= 0.3 is 0 Å². The Balaban J connectivity index is 0.000000224. The van der Waals surface area contributed by atoms with E-state index >= 15 is 0 Å². The number of furan rings is 1. The Hall–Kier alpha value is -4.15. The van der Waals surface area contributed by atoms with Gasteiger partial charge in [-0.3, -0.25) is 0 Å². The molecule has 7 aromatic rings. The fourth-order valence-electron chi connectivity index (χ4n) is 6.21. The van der Waals surface area contributed by atoms with Crippen LogP contribution < -0.4 is 5.19 Å². The van der Waals surface area contributed by atoms with Gasteiger partial charge < -0.3 is 14.4 Å². The summed E-state index contributed by atoms with van der Waals surface area (Å²) in [5.74, 6) is 0.445. The third-order valence-corrected chi connectivity index (χ3v) is 10.7. The minimum atomic E-state index is -1.23. The van der Waals surface area contributed by atoms with Crippen LogP contribution in [0.4, 0.5) is 0 Å². The van der Waals surface area contributed by atoms with Crippen LogP contribution in [0.1, 0.15) is 42.0 Å². The Kier molecular flexibility index (Phi) is 10.6. The largest absolute Gasteiger partial charge is 0.501 e. The van der Waals surface area contributed by atoms with Gasteiger partial charge in [0.05, 0.1) is 13.7 Å². The Bertz CT molecular complexity index is 2160. The van der Waals surface area contributed by atoms with Crippen molar-refractivity contribution in [1.29, 1.82) is 0 Å². The van der Waals surface area contributed by atoms with Crippen LogP contribution in [0.3, 0.4) is 0 Å². The predicted octanol–water partition coefficient (Wildman–Crippen LogP) is 11.3. The number of hydrogen-bond donors (Lipinski definition) is 0. The number of benzene rings is 4. The van der Waals surface area contributed by atoms with Crippen molar-refractivity contribution in [3.05, 3.63) is 138 Å². The average molecular weight is 823 g/mol. The summed E-state index contributed by atoms with van der Waals surface area (Å²) in [6.07, 6.45) is 3.89. The topological polar surface area (TPSA) is 38.9 Å². The minimum Gasteiger partial charge on any atom is -0.501 e. The van der Waals surface area contributed by atoms with E-state index in [1.807, 2.05) is 42.7 Å². The molecule has 4 aromatic carbocycles. The smallest absolute Gasteiger partial charge is 0.121 e. The van der Waals surface area contributed by atoms with Gasteiger partial charge in [-0.15, -0.1) is 54.1 Å². The second-order valence-electron chi connectivity index (χ2n) is 13.8. The van der Waals surface area contributed by atoms with Crippen molar-refractivity contribution in [3.8, 4) is 33.6 Å². The Morgan fingerprint density at radius 2 is 1.50 bits per heavy atom. The molecule has 0 amide bonds. The van der Waals surface area contributed by atoms with Crippen molar-refractivity contribution in [3.63, 3.8) is 0 Å². The third-order valence-electron chi connectivity index (χ3n) is 8.72. The van der Waals surface area contributed by atoms with Crippen LogP contribution in [0, 0.1) is 32.9 Å². The molecule has 245 valence electrons. The third kappa shape index (κ3) is 7.44. The molecule has 48 heavy (non-hydrogen) atoms. The molecule has 3 aromatic heterocycles. The Morgan fingerprint density at radius 1 is 0.729 bits per heavy atom. The molecule has 0 aliphatic rings. The van der Waals surface area contributed by atoms with Crippen LogP contribution in [0.2, 0.25) is 19.6 Å². The summed E-state index contributed by atoms with van der Waals surface area (Å²) in [6, 6.07) is 38.1. The first kappa shape index (κ1) is 35.2. The number of pyridine rings is 2. The summed E-state index contributed by atoms with van der Waals surface area (Å²) in [5, 5.41) is 3.62. The molecule has 0 bridgehead atoms. The van der Waals surface area contributed by atoms with Crippen molar-refractivity contribution in [1.82, 2.24) is 9.97 Å². The minimum absolute atomic E-state index is 0. The normalized spacial score (nSPS) is 11.4. The van der Waals surface area contributed by atoms with Crippen LogP contribution in [0.15, 0.2) is 108 Å². The molecule has 5 heteroatoms. The molecule has 7 rings (SSSR count). The summed E-state index contributed by atoms with van der Waals surface area (Å²) in [7, 11) is -1.23. The molecule has 0 saturated heterocycles. The Morgan fingerprint density at radius 3 is 2.15 bits per heavy atom. The standard InChI is InChI=1S/C29H26NO.C14H16NSi.Ir/c1-17(2)21-11-12-30-26(15-21)25-8-6-7-24-23-10-9-22(16-27(23)31-29(24)25)28-19(4)13-18(3)14-20(28)5;1-16(2,3)13-9-10-14(15-11-13)12-7-5-4-6-8-12;/h6-7,9-17H,1-5H3;4-7,9-11H,1-3H3;/q2*-1;. The van der Waals surface area contributed by atoms with Gasteiger partial charge in [-0.2, -0.15) is 0 Å². The van der Waals surface area contributed by atoms with Crippen LogP contribution >= 0.6 is 0 Å². The number of fused-ring (bicyclic) bond motifs is 3. The number of hydrogen-bond acceptors (Lipinski definition) is 3. The second-order valence-corrected chi connectivity index (χ2v) is 18.8. The fraction of sp³-hybridized carbons (Fsp3) is 0.209. The molecule has 3 heterocycles. The van der Waals surface area contributed by atoms with E-state index < -0.39 is 8.07 Å². The number of rotatable bonds is 5. The number of aromatic nitrogens is 2. The van der Waals surface area contributed by atoms with Crippen molar-refractivity contribution in [2.75, 3.05) is 0 Å². The van der Waals surface area contributed by atoms with E-state index in [-0.39, 0.29) is 20.1 Å². The molecule has 1 radical (unpaired) electrons. The van der Waals surface area contributed by atoms with Gasteiger partial charge in [0, 0.05) is 37.9 Å². The number of aryl methyl sites for hydroxylation is 3. The quantitative estimate of drug-likeness (QED) is 0.128. The average Bonchev–Trinajstić information content (AvgIpc) is 3.43. The van der Waals surface area contributed by atoms with E-state index in [1.165, 1.54) is 38.6 Å². The summed E-state index contributed by atoms with van der Waals surface area (Å²) in [4.78, 5) is 9.14. The van der Waals surface area contributed by atoms with Crippen molar-refractivity contribution in [2.24, 2.45) is 0 Å². The maximum absolute atomic E-state index is 6.43. The van der Waals surface area contributed by atoms with Crippen LogP contribution in [0.25, 0.3) is 55.6 Å². The second kappa shape index (κ2) is 14.5. The molecule has 0 N–H and O–H groups in total. The first-order chi connectivity index (χ1) is 22.5. The van der Waals surface area contributed by atoms with E-state index in [9.17, 15) is 0 Å². The monoisotopic (exact) mass is 823 g/mol. The summed E-state index contributed by atoms with van der Waals surface area (Å²) >= 11 is 0. The fourth-order valence-corrected chi connectivity index (χ4v) is 7.25. The molecule has 0 aliphatic carbocycles. The maximum atomic E-state index is 6.43. The van der Waals surface area contributed by atoms with Gasteiger partial charge in [-0.1, -0.05) is 98.0 Å². The molecular formula is C43H42IrN2OSi-2. The SMILES string of the molecule is C[Si](C)(C)c1ccc(-c2[c-]cccc2)nc1.Cc1cc(C)c(-c2ccc3c(c2)oc2c(-c4cc(C(C)C)ccn4)[c-]ccc23)c(C)c1.[Ir]. The molecule has 0 aliphatic heterocycles. The molecule has 0 atom stereocenters. The van der Waals surface area contributed by atoms with Crippen molar-refractivity contribution >= 4 is 35.2 Å². The molecule has 0 saturated carbocycles. The van der Waals surface area contributed by atoms with Gasteiger partial charge in [0.2, 0.25) is 0 Å². The zero-order valence-electron chi connectivity index (χ0n) is 29.0. The first-order valence-corrected chi connectivity index (χ1v) is 19.8. The van der Waals surface area contributed by atoms with Gasteiger partial charge in [-0.05, 0) is 77.7 Å². The molecule has 0 unspecified atom stereocenters. The maximum Gasteiger partial charge on any atom is 0.121 e. The van der Waals surface area contributed by atoms with E-state index in [4.69, 9.17) is 4.42 Å². The van der Waals surface area contributed by atoms with Crippen LogP contribution in [-0.4, -0.2) is 18.0 Å². The molecule has 3 nitrogen and oxygen atoms in total. The molecule has 0 fully saturated rings. The van der Waals surface area contributed by atoms with Gasteiger partial charge in [0.15, 0.2) is 0 Å². The summed E-state index contributed by atoms with van der Waals surface area (Å²) in [6.45, 7) is 17.9. The van der Waals surface area contributed by atoms with E-state index in [1.54, 1.807) is 0 Å². The zero-order chi connectivity index (χ0) is 33.3. The van der Waals surface area contributed by atoms with Gasteiger partial charge in [-0.25, -0.2) is 0 Å². The van der Waals surface area contributed by atoms with Gasteiger partial charge in [0.1, 0.15) is 5.58 Å².